The lowest BCUT2D eigenvalue weighted by molar-refractivity contribution is -0.175. The second kappa shape index (κ2) is 35.2. The molecule has 16 aliphatic carbocycles. The SMILES string of the molecule is COC(=O)CC[C@@H](C)C1CCC2C3CC[C@@H]4C[C@H](C)CC[C@]4(C)C3CC(=O)[C@@]21C.COC(=O)CC[C@@H](C)C1CCC2C3CC[C@@H]4C[C@H](C)CC[C@]4(C)C3C[C@H](O)[C@@]21C.COC(=O)CC[C@@H](C)C1CCC2C3CC[C@@H]4C[C@H](O)CC[C@]4(C)C3C[C@H](O)[C@@]21C.C[C@H](CCC(=O)O)C1CCC2C3CC[C@@H]4C[C@H](O)CC[C@]4(C)C3C[C@H](O)[C@@]21C. The molecule has 0 aromatic heterocycles. The molecule has 0 aromatic carbocycles. The van der Waals surface area contributed by atoms with Gasteiger partial charge < -0.3 is 44.8 Å². The summed E-state index contributed by atoms with van der Waals surface area (Å²) in [6.07, 6.45) is 42.1. The quantitative estimate of drug-likeness (QED) is 0.0623. The van der Waals surface area contributed by atoms with Gasteiger partial charge in [-0.15, -0.1) is 0 Å². The third-order valence-corrected chi connectivity index (χ3v) is 42.3. The first-order chi connectivity index (χ1) is 54.3. The van der Waals surface area contributed by atoms with E-state index in [9.17, 15) is 49.5 Å². The molecule has 14 nitrogen and oxygen atoms in total. The van der Waals surface area contributed by atoms with Gasteiger partial charge in [0.25, 0.3) is 0 Å². The van der Waals surface area contributed by atoms with Gasteiger partial charge in [0.2, 0.25) is 0 Å². The largest absolute Gasteiger partial charge is 0.481 e. The number of Topliss-reactive ketones (excluding diaryl/α,β-unsaturated/α-hetero) is 1. The van der Waals surface area contributed by atoms with Gasteiger partial charge in [-0.1, -0.05) is 110 Å². The number of aliphatic carboxylic acids is 1. The van der Waals surface area contributed by atoms with Gasteiger partial charge >= 0.3 is 23.9 Å². The summed E-state index contributed by atoms with van der Waals surface area (Å²) in [5.41, 5.74) is 1.19. The summed E-state index contributed by atoms with van der Waals surface area (Å²) in [7, 11) is 4.41. The van der Waals surface area contributed by atoms with E-state index >= 15 is 0 Å². The number of carboxylic acid groups (broad SMARTS) is 1. The summed E-state index contributed by atoms with van der Waals surface area (Å²) in [6.45, 7) is 33.4. The van der Waals surface area contributed by atoms with E-state index in [1.165, 1.54) is 150 Å². The number of fused-ring (bicyclic) bond motifs is 20. The molecule has 0 radical (unpaired) electrons. The van der Waals surface area contributed by atoms with Crippen LogP contribution in [0.5, 0.6) is 0 Å². The lowest BCUT2D eigenvalue weighted by Gasteiger charge is -2.62. The van der Waals surface area contributed by atoms with Crippen molar-refractivity contribution in [2.45, 2.75) is 384 Å². The maximum atomic E-state index is 13.8. The highest BCUT2D eigenvalue weighted by Gasteiger charge is 2.69. The van der Waals surface area contributed by atoms with Crippen LogP contribution >= 0.6 is 0 Å². The molecule has 16 unspecified atom stereocenters. The van der Waals surface area contributed by atoms with Crippen molar-refractivity contribution >= 4 is 29.7 Å². The van der Waals surface area contributed by atoms with Crippen molar-refractivity contribution in [2.75, 3.05) is 21.3 Å². The van der Waals surface area contributed by atoms with Crippen LogP contribution in [-0.4, -0.2) is 112 Å². The number of esters is 3. The molecule has 0 amide bonds. The van der Waals surface area contributed by atoms with E-state index in [-0.39, 0.29) is 81.9 Å². The Morgan fingerprint density at radius 2 is 0.635 bits per heavy atom. The Hall–Kier alpha value is -2.65. The van der Waals surface area contributed by atoms with Gasteiger partial charge in [-0.2, -0.15) is 0 Å². The molecule has 0 aromatic rings. The monoisotopic (exact) mass is 1610 g/mol. The maximum Gasteiger partial charge on any atom is 0.305 e. The Balaban J connectivity index is 0.000000134. The lowest BCUT2D eigenvalue weighted by Crippen LogP contribution is -2.58. The Labute approximate surface area is 697 Å². The molecule has 16 fully saturated rings. The van der Waals surface area contributed by atoms with Gasteiger partial charge in [-0.25, -0.2) is 0 Å². The zero-order valence-electron chi connectivity index (χ0n) is 75.6. The van der Waals surface area contributed by atoms with Crippen LogP contribution in [0.15, 0.2) is 0 Å². The Bertz CT molecular complexity index is 3250. The van der Waals surface area contributed by atoms with Gasteiger partial charge in [-0.05, 0) is 404 Å². The van der Waals surface area contributed by atoms with Crippen molar-refractivity contribution in [3.05, 3.63) is 0 Å². The fourth-order valence-corrected chi connectivity index (χ4v) is 35.3. The lowest BCUT2D eigenvalue weighted by atomic mass is 9.43. The number of aliphatic hydroxyl groups is 5. The van der Waals surface area contributed by atoms with E-state index < -0.39 is 5.97 Å². The molecule has 115 heavy (non-hydrogen) atoms. The Morgan fingerprint density at radius 1 is 0.348 bits per heavy atom. The van der Waals surface area contributed by atoms with E-state index in [0.29, 0.717) is 154 Å². The molecule has 0 aliphatic heterocycles. The number of aliphatic hydroxyl groups excluding tert-OH is 5. The van der Waals surface area contributed by atoms with Crippen LogP contribution in [-0.2, 0) is 38.2 Å². The summed E-state index contributed by atoms with van der Waals surface area (Å²) in [5, 5.41) is 64.1. The van der Waals surface area contributed by atoms with Crippen LogP contribution < -0.4 is 0 Å². The summed E-state index contributed by atoms with van der Waals surface area (Å²) >= 11 is 0. The highest BCUT2D eigenvalue weighted by molar-refractivity contribution is 5.87. The van der Waals surface area contributed by atoms with Crippen LogP contribution in [0.2, 0.25) is 0 Å². The molecule has 16 aliphatic rings. The second-order valence-electron chi connectivity index (χ2n) is 46.4. The molecule has 0 bridgehead atoms. The predicted octanol–water partition coefficient (Wildman–Crippen LogP) is 20.9. The first-order valence-corrected chi connectivity index (χ1v) is 48.7. The first-order valence-electron chi connectivity index (χ1n) is 48.7. The van der Waals surface area contributed by atoms with E-state index in [1.54, 1.807) is 0 Å². The summed E-state index contributed by atoms with van der Waals surface area (Å²) in [4.78, 5) is 59.8. The normalized spacial score (nSPS) is 49.9. The van der Waals surface area contributed by atoms with E-state index in [4.69, 9.17) is 19.3 Å². The minimum atomic E-state index is -0.707. The van der Waals surface area contributed by atoms with Crippen LogP contribution in [0.25, 0.3) is 0 Å². The maximum absolute atomic E-state index is 13.8. The Kier molecular flexibility index (Phi) is 27.6. The van der Waals surface area contributed by atoms with Crippen LogP contribution in [0.3, 0.4) is 0 Å². The molecule has 0 spiro atoms. The van der Waals surface area contributed by atoms with Crippen LogP contribution in [0, 0.1) is 197 Å². The van der Waals surface area contributed by atoms with Crippen LogP contribution in [0.4, 0.5) is 0 Å². The number of methoxy groups -OCH3 is 3. The van der Waals surface area contributed by atoms with E-state index in [0.717, 1.165) is 144 Å². The molecule has 14 heteroatoms. The Morgan fingerprint density at radius 3 is 0.974 bits per heavy atom. The number of carboxylic acids is 1. The highest BCUT2D eigenvalue weighted by atomic mass is 16.5. The molecular formula is C101H168O14. The highest BCUT2D eigenvalue weighted by Crippen LogP contribution is 2.74. The average molecular weight is 1610 g/mol. The summed E-state index contributed by atoms with van der Waals surface area (Å²) in [6, 6.07) is 0. The van der Waals surface area contributed by atoms with E-state index in [1.807, 2.05) is 0 Å². The minimum absolute atomic E-state index is 0.0198. The number of rotatable bonds is 16. The van der Waals surface area contributed by atoms with Crippen molar-refractivity contribution < 1.29 is 68.8 Å². The number of carbonyl (C=O) groups is 5. The van der Waals surface area contributed by atoms with E-state index in [2.05, 4.69) is 96.9 Å². The number of carbonyl (C=O) groups excluding carboxylic acids is 4. The fourth-order valence-electron chi connectivity index (χ4n) is 35.3. The van der Waals surface area contributed by atoms with Gasteiger partial charge in [-0.3, -0.25) is 24.0 Å². The van der Waals surface area contributed by atoms with Gasteiger partial charge in [0, 0.05) is 37.5 Å². The number of hydrogen-bond acceptors (Lipinski definition) is 13. The standard InChI is InChI=1S/C26H44O3.C26H42O3.C25H42O4.C24H40O4/c2*1-16-12-13-25(3)18(14-16)7-8-19-21-10-9-20(17(2)6-11-24(28)29-5)26(21,4)23(27)15-22(19)25;1-15(5-10-23(28)29-4)19-8-9-20-18-7-6-16-13-17(26)11-12-24(16,2)21(18)14-22(27)25(19,20)3;1-14(4-9-22(27)28)18-7-8-19-17-6-5-15-12-16(25)10-11-23(15,2)20(17)13-21(26)24(18,19)3/h16-23,27H,6-15H2,1-5H3;16-22H,6-15H2,1-5H3;15-22,26-27H,5-14H2,1-4H3;14-21,25-26H,4-13H2,1-3H3,(H,27,28)/t16-,17-,18-,19?,20?,21?,22?,23+,25+,26-;16-,17-,18-,19?,20?,21?,22?,25+,26-;15-,16-,17-,18?,19?,20?,21?,22+,24+,25-;14-,15-,16-,17?,18?,19?,20?,21+,23+,24-/m1111/s1. The molecule has 16 rings (SSSR count). The van der Waals surface area contributed by atoms with Crippen molar-refractivity contribution in [3.63, 3.8) is 0 Å². The topological polar surface area (TPSA) is 234 Å². The van der Waals surface area contributed by atoms with Gasteiger partial charge in [0.05, 0.1) is 51.8 Å². The first kappa shape index (κ1) is 90.1. The molecular weight excluding hydrogens is 1440 g/mol. The zero-order chi connectivity index (χ0) is 83.2. The molecule has 0 saturated heterocycles. The van der Waals surface area contributed by atoms with Gasteiger partial charge in [0.1, 0.15) is 5.78 Å². The summed E-state index contributed by atoms with van der Waals surface area (Å²) < 4.78 is 14.6. The molecule has 656 valence electrons. The van der Waals surface area contributed by atoms with Crippen molar-refractivity contribution in [1.82, 2.24) is 0 Å². The zero-order valence-corrected chi connectivity index (χ0v) is 75.6. The van der Waals surface area contributed by atoms with Gasteiger partial charge in [0.15, 0.2) is 0 Å². The number of hydrogen-bond donors (Lipinski definition) is 6. The third-order valence-electron chi connectivity index (χ3n) is 42.3. The average Bonchev–Trinajstić information content (AvgIpc) is 1.68. The van der Waals surface area contributed by atoms with Crippen LogP contribution in [0.1, 0.15) is 354 Å². The molecule has 16 saturated carbocycles. The predicted molar refractivity (Wildman–Crippen MR) is 453 cm³/mol. The molecule has 6 N–H and O–H groups in total. The number of ether oxygens (including phenoxy) is 3. The van der Waals surface area contributed by atoms with Crippen molar-refractivity contribution in [1.29, 1.82) is 0 Å². The van der Waals surface area contributed by atoms with Crippen molar-refractivity contribution in [2.24, 2.45) is 197 Å². The molecule has 0 heterocycles. The van der Waals surface area contributed by atoms with Crippen molar-refractivity contribution in [3.8, 4) is 0 Å². The molecule has 39 atom stereocenters. The second-order valence-corrected chi connectivity index (χ2v) is 46.4. The summed E-state index contributed by atoms with van der Waals surface area (Å²) in [5.74, 6) is 15.6. The minimum Gasteiger partial charge on any atom is -0.481 e. The fraction of sp³-hybridized carbons (Fsp3) is 0.950. The number of ketones is 1. The smallest absolute Gasteiger partial charge is 0.305 e. The third kappa shape index (κ3) is 16.1.